The molecule has 29 heavy (non-hydrogen) atoms. The van der Waals surface area contributed by atoms with E-state index < -0.39 is 6.36 Å². The summed E-state index contributed by atoms with van der Waals surface area (Å²) in [7, 11) is 0. The molecule has 3 rings (SSSR count). The maximum atomic E-state index is 12.5. The van der Waals surface area contributed by atoms with Gasteiger partial charge in [-0.1, -0.05) is 24.3 Å². The van der Waals surface area contributed by atoms with E-state index in [-0.39, 0.29) is 17.7 Å². The van der Waals surface area contributed by atoms with E-state index in [4.69, 9.17) is 12.2 Å². The second-order valence-corrected chi connectivity index (χ2v) is 7.01. The van der Waals surface area contributed by atoms with Crippen LogP contribution in [0.2, 0.25) is 0 Å². The van der Waals surface area contributed by atoms with Crippen LogP contribution < -0.4 is 15.4 Å². The first-order valence-electron chi connectivity index (χ1n) is 9.08. The molecule has 0 saturated carbocycles. The van der Waals surface area contributed by atoms with Gasteiger partial charge in [0.1, 0.15) is 5.75 Å². The van der Waals surface area contributed by atoms with Gasteiger partial charge in [0.25, 0.3) is 5.91 Å². The molecule has 2 aromatic rings. The van der Waals surface area contributed by atoms with Crippen LogP contribution in [0.5, 0.6) is 5.75 Å². The number of likely N-dealkylation sites (tertiary alicyclic amines) is 1. The molecule has 1 aliphatic rings. The Bertz CT molecular complexity index is 854. The van der Waals surface area contributed by atoms with Crippen molar-refractivity contribution in [2.24, 2.45) is 0 Å². The van der Waals surface area contributed by atoms with Gasteiger partial charge in [0, 0.05) is 36.4 Å². The SMILES string of the molecule is O=C(c1ccccc1)N1CCC(NC(=S)Nc2cccc(OC(F)(F)F)c2)CC1. The largest absolute Gasteiger partial charge is 0.573 e. The molecule has 9 heteroatoms. The molecule has 1 amide bonds. The Balaban J connectivity index is 1.48. The first-order valence-corrected chi connectivity index (χ1v) is 9.48. The lowest BCUT2D eigenvalue weighted by molar-refractivity contribution is -0.274. The average Bonchev–Trinajstić information content (AvgIpc) is 2.67. The summed E-state index contributed by atoms with van der Waals surface area (Å²) in [5, 5.41) is 6.33. The quantitative estimate of drug-likeness (QED) is 0.723. The highest BCUT2D eigenvalue weighted by molar-refractivity contribution is 7.80. The van der Waals surface area contributed by atoms with Crippen LogP contribution in [-0.2, 0) is 0 Å². The molecule has 1 fully saturated rings. The minimum Gasteiger partial charge on any atom is -0.406 e. The summed E-state index contributed by atoms with van der Waals surface area (Å²) in [5.41, 5.74) is 1.05. The summed E-state index contributed by atoms with van der Waals surface area (Å²) in [6.45, 7) is 1.20. The standard InChI is InChI=1S/C20H20F3N3O2S/c21-20(22,23)28-17-8-4-7-16(13-17)25-19(29)24-15-9-11-26(12-10-15)18(27)14-5-2-1-3-6-14/h1-8,13,15H,9-12H2,(H2,24,25,29). The molecule has 2 aromatic carbocycles. The Labute approximate surface area is 171 Å². The van der Waals surface area contributed by atoms with Crippen LogP contribution in [0.1, 0.15) is 23.2 Å². The van der Waals surface area contributed by atoms with Crippen molar-refractivity contribution in [1.29, 1.82) is 0 Å². The number of rotatable bonds is 4. The summed E-state index contributed by atoms with van der Waals surface area (Å²) in [6, 6.07) is 14.7. The lowest BCUT2D eigenvalue weighted by atomic mass is 10.0. The first kappa shape index (κ1) is 20.9. The number of hydrogen-bond acceptors (Lipinski definition) is 3. The van der Waals surface area contributed by atoms with Crippen LogP contribution in [0.4, 0.5) is 18.9 Å². The summed E-state index contributed by atoms with van der Waals surface area (Å²) < 4.78 is 40.9. The van der Waals surface area contributed by atoms with Gasteiger partial charge in [0.05, 0.1) is 0 Å². The van der Waals surface area contributed by atoms with Crippen molar-refractivity contribution < 1.29 is 22.7 Å². The van der Waals surface area contributed by atoms with Gasteiger partial charge >= 0.3 is 6.36 Å². The van der Waals surface area contributed by atoms with Crippen molar-refractivity contribution >= 4 is 28.9 Å². The molecule has 0 unspecified atom stereocenters. The monoisotopic (exact) mass is 423 g/mol. The van der Waals surface area contributed by atoms with Gasteiger partial charge in [-0.15, -0.1) is 13.2 Å². The molecule has 1 saturated heterocycles. The molecule has 1 heterocycles. The molecule has 0 radical (unpaired) electrons. The molecular formula is C20H20F3N3O2S. The Morgan fingerprint density at radius 3 is 2.41 bits per heavy atom. The molecule has 0 aromatic heterocycles. The summed E-state index contributed by atoms with van der Waals surface area (Å²) in [5.74, 6) is -0.315. The van der Waals surface area contributed by atoms with Crippen LogP contribution in [0, 0.1) is 0 Å². The molecule has 0 spiro atoms. The van der Waals surface area contributed by atoms with Gasteiger partial charge in [-0.05, 0) is 49.3 Å². The number of nitrogens with zero attached hydrogens (tertiary/aromatic N) is 1. The predicted molar refractivity (Wildman–Crippen MR) is 108 cm³/mol. The summed E-state index contributed by atoms with van der Waals surface area (Å²) in [4.78, 5) is 14.3. The molecule has 0 atom stereocenters. The number of halogens is 3. The first-order chi connectivity index (χ1) is 13.8. The molecule has 5 nitrogen and oxygen atoms in total. The third-order valence-corrected chi connectivity index (χ3v) is 4.68. The van der Waals surface area contributed by atoms with E-state index in [9.17, 15) is 18.0 Å². The van der Waals surface area contributed by atoms with E-state index >= 15 is 0 Å². The Hall–Kier alpha value is -2.81. The number of ether oxygens (including phenoxy) is 1. The highest BCUT2D eigenvalue weighted by Gasteiger charge is 2.31. The number of carbonyl (C=O) groups is 1. The van der Waals surface area contributed by atoms with Crippen LogP contribution in [0.3, 0.4) is 0 Å². The van der Waals surface area contributed by atoms with Crippen molar-refractivity contribution in [2.75, 3.05) is 18.4 Å². The zero-order chi connectivity index (χ0) is 20.9. The minimum absolute atomic E-state index is 0.00577. The number of anilines is 1. The van der Waals surface area contributed by atoms with Crippen molar-refractivity contribution in [3.63, 3.8) is 0 Å². The summed E-state index contributed by atoms with van der Waals surface area (Å²) in [6.07, 6.45) is -3.31. The van der Waals surface area contributed by atoms with E-state index in [1.54, 1.807) is 18.2 Å². The van der Waals surface area contributed by atoms with E-state index in [1.165, 1.54) is 18.2 Å². The zero-order valence-corrected chi connectivity index (χ0v) is 16.2. The van der Waals surface area contributed by atoms with E-state index in [2.05, 4.69) is 15.4 Å². The second-order valence-electron chi connectivity index (χ2n) is 6.61. The number of amides is 1. The average molecular weight is 423 g/mol. The number of piperidine rings is 1. The van der Waals surface area contributed by atoms with Gasteiger partial charge in [0.15, 0.2) is 5.11 Å². The molecule has 2 N–H and O–H groups in total. The molecule has 154 valence electrons. The fourth-order valence-electron chi connectivity index (χ4n) is 3.11. The number of carbonyl (C=O) groups excluding carboxylic acids is 1. The van der Waals surface area contributed by atoms with E-state index in [0.717, 1.165) is 12.8 Å². The topological polar surface area (TPSA) is 53.6 Å². The third-order valence-electron chi connectivity index (χ3n) is 4.46. The number of benzene rings is 2. The number of alkyl halides is 3. The maximum Gasteiger partial charge on any atom is 0.573 e. The van der Waals surface area contributed by atoms with Crippen LogP contribution >= 0.6 is 12.2 Å². The number of thiocarbonyl (C=S) groups is 1. The van der Waals surface area contributed by atoms with Crippen molar-refractivity contribution in [3.8, 4) is 5.75 Å². The molecule has 1 aliphatic heterocycles. The normalized spacial score (nSPS) is 14.9. The van der Waals surface area contributed by atoms with Crippen molar-refractivity contribution in [3.05, 3.63) is 60.2 Å². The van der Waals surface area contributed by atoms with Gasteiger partial charge in [-0.2, -0.15) is 0 Å². The van der Waals surface area contributed by atoms with Crippen molar-refractivity contribution in [2.45, 2.75) is 25.2 Å². The zero-order valence-electron chi connectivity index (χ0n) is 15.4. The van der Waals surface area contributed by atoms with Crippen LogP contribution in [-0.4, -0.2) is 41.4 Å². The Morgan fingerprint density at radius 2 is 1.76 bits per heavy atom. The van der Waals surface area contributed by atoms with E-state index in [1.807, 2.05) is 23.1 Å². The smallest absolute Gasteiger partial charge is 0.406 e. The highest BCUT2D eigenvalue weighted by atomic mass is 32.1. The maximum absolute atomic E-state index is 12.5. The fourth-order valence-corrected chi connectivity index (χ4v) is 3.40. The molecule has 0 aliphatic carbocycles. The Morgan fingerprint density at radius 1 is 1.07 bits per heavy atom. The third kappa shape index (κ3) is 6.35. The van der Waals surface area contributed by atoms with Crippen LogP contribution in [0.25, 0.3) is 0 Å². The second kappa shape index (κ2) is 9.13. The van der Waals surface area contributed by atoms with Gasteiger partial charge in [-0.3, -0.25) is 4.79 Å². The van der Waals surface area contributed by atoms with Gasteiger partial charge in [-0.25, -0.2) is 0 Å². The highest BCUT2D eigenvalue weighted by Crippen LogP contribution is 2.25. The fraction of sp³-hybridized carbons (Fsp3) is 0.300. The lowest BCUT2D eigenvalue weighted by Gasteiger charge is -2.33. The van der Waals surface area contributed by atoms with Crippen LogP contribution in [0.15, 0.2) is 54.6 Å². The van der Waals surface area contributed by atoms with Crippen molar-refractivity contribution in [1.82, 2.24) is 10.2 Å². The lowest BCUT2D eigenvalue weighted by Crippen LogP contribution is -2.47. The number of nitrogens with one attached hydrogen (secondary N) is 2. The Kier molecular flexibility index (Phi) is 6.58. The predicted octanol–water partition coefficient (Wildman–Crippen LogP) is 4.18. The minimum atomic E-state index is -4.75. The molecular weight excluding hydrogens is 403 g/mol. The van der Waals surface area contributed by atoms with E-state index in [0.29, 0.717) is 29.5 Å². The number of hydrogen-bond donors (Lipinski definition) is 2. The summed E-state index contributed by atoms with van der Waals surface area (Å²) >= 11 is 5.26. The van der Waals surface area contributed by atoms with Gasteiger partial charge < -0.3 is 20.3 Å². The van der Waals surface area contributed by atoms with Gasteiger partial charge in [0.2, 0.25) is 0 Å². The molecule has 0 bridgehead atoms.